The lowest BCUT2D eigenvalue weighted by Crippen LogP contribution is -2.10. The molecule has 0 fully saturated rings. The van der Waals surface area contributed by atoms with Crippen molar-refractivity contribution < 1.29 is 14.2 Å². The van der Waals surface area contributed by atoms with Gasteiger partial charge in [0, 0.05) is 8.95 Å². The molecular formula is C14H4Br10O3. The highest BCUT2D eigenvalue weighted by atomic mass is 79.9. The van der Waals surface area contributed by atoms with E-state index in [1.807, 2.05) is 0 Å². The van der Waals surface area contributed by atoms with Crippen LogP contribution in [0.3, 0.4) is 0 Å². The van der Waals surface area contributed by atoms with E-state index in [-0.39, 0.29) is 13.6 Å². The second-order valence-corrected chi connectivity index (χ2v) is 12.5. The molecule has 0 N–H and O–H groups in total. The maximum atomic E-state index is 5.72. The quantitative estimate of drug-likeness (QED) is 0.125. The first-order valence-electron chi connectivity index (χ1n) is 6.45. The minimum Gasteiger partial charge on any atom is -0.465 e. The van der Waals surface area contributed by atoms with Gasteiger partial charge in [0.15, 0.2) is 25.1 Å². The number of rotatable bonds is 6. The number of ether oxygens (including phenoxy) is 3. The molecule has 3 nitrogen and oxygen atoms in total. The number of halogens is 10. The molecule has 0 saturated carbocycles. The summed E-state index contributed by atoms with van der Waals surface area (Å²) in [4.78, 5) is 0. The van der Waals surface area contributed by atoms with Crippen LogP contribution in [0.25, 0.3) is 0 Å². The van der Waals surface area contributed by atoms with Crippen molar-refractivity contribution in [1.82, 2.24) is 0 Å². The van der Waals surface area contributed by atoms with Gasteiger partial charge in [-0.2, -0.15) is 0 Å². The van der Waals surface area contributed by atoms with Crippen LogP contribution in [0.2, 0.25) is 0 Å². The highest BCUT2D eigenvalue weighted by molar-refractivity contribution is 9.16. The van der Waals surface area contributed by atoms with Gasteiger partial charge in [0.05, 0.1) is 35.8 Å². The summed E-state index contributed by atoms with van der Waals surface area (Å²) in [5, 5.41) is 0. The Bertz CT molecular complexity index is 757. The molecule has 0 bridgehead atoms. The normalized spacial score (nSPS) is 11.0. The fraction of sp³-hybridized carbons (Fsp3) is 0.143. The molecule has 27 heavy (non-hydrogen) atoms. The van der Waals surface area contributed by atoms with E-state index in [1.54, 1.807) is 0 Å². The van der Waals surface area contributed by atoms with Crippen LogP contribution in [0.15, 0.2) is 44.7 Å². The van der Waals surface area contributed by atoms with E-state index in [2.05, 4.69) is 159 Å². The minimum absolute atomic E-state index is 0.00812. The zero-order chi connectivity index (χ0) is 20.5. The summed E-state index contributed by atoms with van der Waals surface area (Å²) in [6, 6.07) is 0. The lowest BCUT2D eigenvalue weighted by atomic mass is 10.3. The van der Waals surface area contributed by atoms with Gasteiger partial charge in [-0.05, 0) is 159 Å². The van der Waals surface area contributed by atoms with E-state index in [4.69, 9.17) is 14.2 Å². The molecule has 0 saturated heterocycles. The molecule has 0 aliphatic heterocycles. The SMILES string of the molecule is Brc1c(Br)c(Br)c(OCOCOc2c(Br)c(Br)c(Br)c(Br)c2Br)c(Br)c1Br. The van der Waals surface area contributed by atoms with Gasteiger partial charge in [-0.15, -0.1) is 0 Å². The second-order valence-electron chi connectivity index (χ2n) is 4.53. The molecule has 0 heterocycles. The maximum absolute atomic E-state index is 5.72. The van der Waals surface area contributed by atoms with Crippen LogP contribution in [0.5, 0.6) is 11.5 Å². The molecule has 0 spiro atoms. The Morgan fingerprint density at radius 3 is 0.852 bits per heavy atom. The summed E-state index contributed by atoms with van der Waals surface area (Å²) in [6.07, 6.45) is 0. The number of benzene rings is 2. The van der Waals surface area contributed by atoms with Gasteiger partial charge in [-0.25, -0.2) is 0 Å². The van der Waals surface area contributed by atoms with Crippen LogP contribution < -0.4 is 9.47 Å². The smallest absolute Gasteiger partial charge is 0.192 e. The van der Waals surface area contributed by atoms with Crippen molar-refractivity contribution in [2.24, 2.45) is 0 Å². The van der Waals surface area contributed by atoms with Crippen LogP contribution in [0, 0.1) is 0 Å². The molecule has 0 aliphatic rings. The molecule has 0 aliphatic carbocycles. The van der Waals surface area contributed by atoms with Gasteiger partial charge in [0.25, 0.3) is 0 Å². The lowest BCUT2D eigenvalue weighted by molar-refractivity contribution is -0.0547. The van der Waals surface area contributed by atoms with Crippen molar-refractivity contribution in [1.29, 1.82) is 0 Å². The molecule has 0 atom stereocenters. The summed E-state index contributed by atoms with van der Waals surface area (Å²) in [5.74, 6) is 1.18. The predicted octanol–water partition coefficient (Wildman–Crippen LogP) is 10.7. The zero-order valence-electron chi connectivity index (χ0n) is 12.4. The Hall–Kier alpha value is 2.80. The van der Waals surface area contributed by atoms with Gasteiger partial charge in [-0.3, -0.25) is 0 Å². The van der Waals surface area contributed by atoms with E-state index in [0.29, 0.717) is 11.5 Å². The molecule has 2 rings (SSSR count). The fourth-order valence-corrected chi connectivity index (χ4v) is 8.14. The van der Waals surface area contributed by atoms with Crippen LogP contribution in [0.1, 0.15) is 0 Å². The first kappa shape index (κ1) is 26.1. The Kier molecular flexibility index (Phi) is 11.2. The Balaban J connectivity index is 2.02. The van der Waals surface area contributed by atoms with Crippen LogP contribution in [-0.2, 0) is 4.74 Å². The molecule has 2 aromatic rings. The van der Waals surface area contributed by atoms with E-state index in [0.717, 1.165) is 44.7 Å². The van der Waals surface area contributed by atoms with Crippen LogP contribution >= 0.6 is 159 Å². The highest BCUT2D eigenvalue weighted by Crippen LogP contribution is 2.49. The molecule has 0 aromatic heterocycles. The van der Waals surface area contributed by atoms with Gasteiger partial charge >= 0.3 is 0 Å². The minimum atomic E-state index is -0.00812. The van der Waals surface area contributed by atoms with E-state index >= 15 is 0 Å². The summed E-state index contributed by atoms with van der Waals surface area (Å²) >= 11 is 34.9. The summed E-state index contributed by atoms with van der Waals surface area (Å²) in [5.41, 5.74) is 0. The predicted molar refractivity (Wildman–Crippen MR) is 142 cm³/mol. The van der Waals surface area contributed by atoms with E-state index in [9.17, 15) is 0 Å². The molecule has 13 heteroatoms. The maximum Gasteiger partial charge on any atom is 0.192 e. The fourth-order valence-electron chi connectivity index (χ4n) is 1.66. The molecule has 148 valence electrons. The average molecular weight is 1020 g/mol. The summed E-state index contributed by atoms with van der Waals surface area (Å²) in [7, 11) is 0. The number of hydrogen-bond acceptors (Lipinski definition) is 3. The van der Waals surface area contributed by atoms with Crippen molar-refractivity contribution >= 4 is 159 Å². The molecule has 0 amide bonds. The topological polar surface area (TPSA) is 27.7 Å². The van der Waals surface area contributed by atoms with E-state index < -0.39 is 0 Å². The monoisotopic (exact) mass is 1010 g/mol. The Labute approximate surface area is 239 Å². The summed E-state index contributed by atoms with van der Waals surface area (Å²) < 4.78 is 24.9. The average Bonchev–Trinajstić information content (AvgIpc) is 2.66. The molecule has 0 radical (unpaired) electrons. The Morgan fingerprint density at radius 1 is 0.370 bits per heavy atom. The largest absolute Gasteiger partial charge is 0.465 e. The van der Waals surface area contributed by atoms with Crippen molar-refractivity contribution in [2.45, 2.75) is 0 Å². The zero-order valence-corrected chi connectivity index (χ0v) is 28.3. The molecule has 0 unspecified atom stereocenters. The first-order valence-corrected chi connectivity index (χ1v) is 14.4. The second kappa shape index (κ2) is 11.6. The third-order valence-electron chi connectivity index (χ3n) is 2.91. The van der Waals surface area contributed by atoms with E-state index in [1.165, 1.54) is 0 Å². The van der Waals surface area contributed by atoms with Crippen molar-refractivity contribution in [2.75, 3.05) is 13.6 Å². The van der Waals surface area contributed by atoms with Gasteiger partial charge < -0.3 is 14.2 Å². The highest BCUT2D eigenvalue weighted by Gasteiger charge is 2.20. The van der Waals surface area contributed by atoms with Gasteiger partial charge in [-0.1, -0.05) is 0 Å². The third-order valence-corrected chi connectivity index (χ3v) is 15.0. The number of hydrogen-bond donors (Lipinski definition) is 0. The van der Waals surface area contributed by atoms with Crippen molar-refractivity contribution in [3.8, 4) is 11.5 Å². The van der Waals surface area contributed by atoms with Gasteiger partial charge in [0.2, 0.25) is 0 Å². The third kappa shape index (κ3) is 5.98. The molecule has 2 aromatic carbocycles. The lowest BCUT2D eigenvalue weighted by Gasteiger charge is -2.16. The van der Waals surface area contributed by atoms with Crippen molar-refractivity contribution in [3.63, 3.8) is 0 Å². The van der Waals surface area contributed by atoms with Crippen LogP contribution in [0.4, 0.5) is 0 Å². The standard InChI is InChI=1S/C14H4Br10O3/c15-3-5(17)9(21)13(10(22)6(3)18)26-1-25-2-27-14-11(23)7(19)4(16)8(20)12(14)24/h1-2H2. The summed E-state index contributed by atoms with van der Waals surface area (Å²) in [6.45, 7) is -0.0162. The Morgan fingerprint density at radius 2 is 0.593 bits per heavy atom. The van der Waals surface area contributed by atoms with Gasteiger partial charge in [0.1, 0.15) is 0 Å². The van der Waals surface area contributed by atoms with Crippen molar-refractivity contribution in [3.05, 3.63) is 44.7 Å². The molecular weight excluding hydrogens is 1020 g/mol. The first-order chi connectivity index (χ1) is 12.6. The van der Waals surface area contributed by atoms with Crippen LogP contribution in [-0.4, -0.2) is 13.6 Å².